The molecule has 1 unspecified atom stereocenters. The Morgan fingerprint density at radius 1 is 1.03 bits per heavy atom. The lowest BCUT2D eigenvalue weighted by molar-refractivity contribution is 0.227. The SMILES string of the molecule is CCCCNc1ccc2c(OCCCC)c(OCC(C)CCC)c(=O)n(C)c2c1. The molecular formula is C24H38N2O3. The monoisotopic (exact) mass is 402 g/mol. The minimum Gasteiger partial charge on any atom is -0.489 e. The third-order valence-electron chi connectivity index (χ3n) is 5.21. The molecule has 1 aromatic heterocycles. The molecule has 0 aliphatic heterocycles. The Morgan fingerprint density at radius 3 is 2.48 bits per heavy atom. The molecule has 0 aliphatic carbocycles. The molecule has 0 amide bonds. The van der Waals surface area contributed by atoms with E-state index >= 15 is 0 Å². The zero-order chi connectivity index (χ0) is 21.2. The average Bonchev–Trinajstić information content (AvgIpc) is 2.71. The van der Waals surface area contributed by atoms with E-state index in [0.29, 0.717) is 30.6 Å². The van der Waals surface area contributed by atoms with Gasteiger partial charge in [0.05, 0.1) is 18.7 Å². The van der Waals surface area contributed by atoms with Crippen molar-refractivity contribution < 1.29 is 9.47 Å². The van der Waals surface area contributed by atoms with Gasteiger partial charge >= 0.3 is 0 Å². The number of unbranched alkanes of at least 4 members (excludes halogenated alkanes) is 2. The summed E-state index contributed by atoms with van der Waals surface area (Å²) in [7, 11) is 1.80. The number of rotatable bonds is 13. The number of nitrogens with zero attached hydrogens (tertiary/aromatic N) is 1. The van der Waals surface area contributed by atoms with Crippen LogP contribution in [0.15, 0.2) is 23.0 Å². The van der Waals surface area contributed by atoms with Crippen LogP contribution in [0.3, 0.4) is 0 Å². The van der Waals surface area contributed by atoms with E-state index in [-0.39, 0.29) is 5.56 Å². The summed E-state index contributed by atoms with van der Waals surface area (Å²) in [6, 6.07) is 6.12. The van der Waals surface area contributed by atoms with Crippen LogP contribution in [0.5, 0.6) is 11.5 Å². The van der Waals surface area contributed by atoms with Crippen LogP contribution < -0.4 is 20.3 Å². The van der Waals surface area contributed by atoms with Gasteiger partial charge in [0.25, 0.3) is 5.56 Å². The predicted molar refractivity (Wildman–Crippen MR) is 123 cm³/mol. The maximum Gasteiger partial charge on any atom is 0.297 e. The van der Waals surface area contributed by atoms with Crippen molar-refractivity contribution in [1.82, 2.24) is 4.57 Å². The zero-order valence-electron chi connectivity index (χ0n) is 18.8. The number of hydrogen-bond acceptors (Lipinski definition) is 4. The number of ether oxygens (including phenoxy) is 2. The number of pyridine rings is 1. The van der Waals surface area contributed by atoms with Crippen molar-refractivity contribution in [1.29, 1.82) is 0 Å². The van der Waals surface area contributed by atoms with Gasteiger partial charge in [-0.25, -0.2) is 0 Å². The highest BCUT2D eigenvalue weighted by molar-refractivity contribution is 5.90. The van der Waals surface area contributed by atoms with Crippen molar-refractivity contribution in [3.8, 4) is 11.5 Å². The molecule has 0 radical (unpaired) electrons. The number of hydrogen-bond donors (Lipinski definition) is 1. The summed E-state index contributed by atoms with van der Waals surface area (Å²) in [4.78, 5) is 13.1. The van der Waals surface area contributed by atoms with Gasteiger partial charge in [0.15, 0.2) is 5.75 Å². The highest BCUT2D eigenvalue weighted by atomic mass is 16.5. The molecule has 2 aromatic rings. The lowest BCUT2D eigenvalue weighted by Gasteiger charge is -2.19. The fraction of sp³-hybridized carbons (Fsp3) is 0.625. The highest BCUT2D eigenvalue weighted by Crippen LogP contribution is 2.34. The largest absolute Gasteiger partial charge is 0.489 e. The minimum atomic E-state index is -0.140. The van der Waals surface area contributed by atoms with Crippen LogP contribution in [0.25, 0.3) is 10.9 Å². The Bertz CT molecular complexity index is 829. The summed E-state index contributed by atoms with van der Waals surface area (Å²) in [6.07, 6.45) is 6.42. The normalized spacial score (nSPS) is 12.2. The van der Waals surface area contributed by atoms with E-state index in [4.69, 9.17) is 9.47 Å². The van der Waals surface area contributed by atoms with Crippen molar-refractivity contribution in [2.75, 3.05) is 25.1 Å². The molecule has 0 spiro atoms. The standard InChI is InChI=1S/C24H38N2O3/c1-6-9-14-25-19-12-13-20-21(16-19)26(5)24(27)23(22(20)28-15-10-7-2)29-17-18(4)11-8-3/h12-13,16,18,25H,6-11,14-15,17H2,1-5H3. The molecule has 1 atom stereocenters. The van der Waals surface area contributed by atoms with E-state index in [1.165, 1.54) is 0 Å². The summed E-state index contributed by atoms with van der Waals surface area (Å²) < 4.78 is 13.8. The maximum absolute atomic E-state index is 13.1. The second-order valence-corrected chi connectivity index (χ2v) is 7.94. The number of aryl methyl sites for hydroxylation is 1. The second-order valence-electron chi connectivity index (χ2n) is 7.94. The quantitative estimate of drug-likeness (QED) is 0.434. The molecule has 1 N–H and O–H groups in total. The minimum absolute atomic E-state index is 0.140. The van der Waals surface area contributed by atoms with E-state index in [0.717, 1.165) is 61.7 Å². The lowest BCUT2D eigenvalue weighted by atomic mass is 10.1. The van der Waals surface area contributed by atoms with Crippen LogP contribution in [-0.4, -0.2) is 24.3 Å². The van der Waals surface area contributed by atoms with Crippen LogP contribution in [-0.2, 0) is 7.05 Å². The molecule has 1 heterocycles. The first-order chi connectivity index (χ1) is 14.0. The first-order valence-electron chi connectivity index (χ1n) is 11.2. The van der Waals surface area contributed by atoms with Gasteiger partial charge in [-0.1, -0.05) is 47.0 Å². The van der Waals surface area contributed by atoms with Gasteiger partial charge in [0, 0.05) is 24.7 Å². The number of fused-ring (bicyclic) bond motifs is 1. The fourth-order valence-corrected chi connectivity index (χ4v) is 3.39. The predicted octanol–water partition coefficient (Wildman–Crippen LogP) is 5.74. The van der Waals surface area contributed by atoms with Crippen LogP contribution in [0.4, 0.5) is 5.69 Å². The first kappa shape index (κ1) is 23.1. The molecule has 1 aromatic carbocycles. The number of benzene rings is 1. The van der Waals surface area contributed by atoms with E-state index in [2.05, 4.69) is 39.1 Å². The summed E-state index contributed by atoms with van der Waals surface area (Å²) >= 11 is 0. The first-order valence-corrected chi connectivity index (χ1v) is 11.2. The Hall–Kier alpha value is -2.17. The molecule has 0 saturated heterocycles. The molecule has 2 rings (SSSR count). The van der Waals surface area contributed by atoms with Crippen molar-refractivity contribution >= 4 is 16.6 Å². The molecule has 0 fully saturated rings. The van der Waals surface area contributed by atoms with Gasteiger partial charge in [-0.2, -0.15) is 0 Å². The third kappa shape index (κ3) is 6.15. The molecule has 0 bridgehead atoms. The second kappa shape index (κ2) is 11.7. The molecule has 5 nitrogen and oxygen atoms in total. The number of nitrogens with one attached hydrogen (secondary N) is 1. The molecule has 0 saturated carbocycles. The third-order valence-corrected chi connectivity index (χ3v) is 5.21. The van der Waals surface area contributed by atoms with Crippen LogP contribution in [0, 0.1) is 5.92 Å². The zero-order valence-corrected chi connectivity index (χ0v) is 18.8. The average molecular weight is 403 g/mol. The number of anilines is 1. The van der Waals surface area contributed by atoms with Gasteiger partial charge in [-0.05, 0) is 43.4 Å². The fourth-order valence-electron chi connectivity index (χ4n) is 3.39. The van der Waals surface area contributed by atoms with Gasteiger partial charge < -0.3 is 19.4 Å². The van der Waals surface area contributed by atoms with E-state index < -0.39 is 0 Å². The Labute approximate surface area is 175 Å². The van der Waals surface area contributed by atoms with Gasteiger partial charge in [0.2, 0.25) is 5.75 Å². The molecule has 5 heteroatoms. The molecule has 0 aliphatic rings. The topological polar surface area (TPSA) is 52.5 Å². The Balaban J connectivity index is 2.44. The van der Waals surface area contributed by atoms with E-state index in [9.17, 15) is 4.79 Å². The van der Waals surface area contributed by atoms with Crippen molar-refractivity contribution in [2.24, 2.45) is 13.0 Å². The van der Waals surface area contributed by atoms with Crippen molar-refractivity contribution in [2.45, 2.75) is 66.2 Å². The van der Waals surface area contributed by atoms with Gasteiger partial charge in [0.1, 0.15) is 0 Å². The van der Waals surface area contributed by atoms with Crippen LogP contribution in [0.2, 0.25) is 0 Å². The lowest BCUT2D eigenvalue weighted by Crippen LogP contribution is -2.23. The van der Waals surface area contributed by atoms with E-state index in [1.54, 1.807) is 11.6 Å². The Morgan fingerprint density at radius 2 is 1.79 bits per heavy atom. The maximum atomic E-state index is 13.1. The smallest absolute Gasteiger partial charge is 0.297 e. The number of aromatic nitrogens is 1. The van der Waals surface area contributed by atoms with Crippen molar-refractivity contribution in [3.63, 3.8) is 0 Å². The summed E-state index contributed by atoms with van der Waals surface area (Å²) in [5, 5.41) is 4.36. The molecular weight excluding hydrogens is 364 g/mol. The van der Waals surface area contributed by atoms with E-state index in [1.807, 2.05) is 12.1 Å². The molecule has 29 heavy (non-hydrogen) atoms. The summed E-state index contributed by atoms with van der Waals surface area (Å²) in [5.74, 6) is 1.32. The Kier molecular flexibility index (Phi) is 9.36. The summed E-state index contributed by atoms with van der Waals surface area (Å²) in [5.41, 5.74) is 1.74. The molecule has 162 valence electrons. The van der Waals surface area contributed by atoms with Crippen molar-refractivity contribution in [3.05, 3.63) is 28.6 Å². The highest BCUT2D eigenvalue weighted by Gasteiger charge is 2.19. The van der Waals surface area contributed by atoms with Crippen LogP contribution in [0.1, 0.15) is 66.2 Å². The summed E-state index contributed by atoms with van der Waals surface area (Å²) in [6.45, 7) is 10.6. The van der Waals surface area contributed by atoms with Gasteiger partial charge in [-0.15, -0.1) is 0 Å². The van der Waals surface area contributed by atoms with Crippen LogP contribution >= 0.6 is 0 Å². The van der Waals surface area contributed by atoms with Gasteiger partial charge in [-0.3, -0.25) is 4.79 Å².